The van der Waals surface area contributed by atoms with E-state index >= 15 is 0 Å². The lowest BCUT2D eigenvalue weighted by Gasteiger charge is -2.08. The number of anilines is 1. The molecule has 1 N–H and O–H groups in total. The zero-order valence-corrected chi connectivity index (χ0v) is 13.1. The summed E-state index contributed by atoms with van der Waals surface area (Å²) in [6, 6.07) is 3.20. The van der Waals surface area contributed by atoms with E-state index in [0.29, 0.717) is 0 Å². The average molecular weight is 348 g/mol. The molecular weight excluding hydrogens is 337 g/mol. The zero-order valence-electron chi connectivity index (χ0n) is 11.5. The molecular formula is C12H11ClFN3O4S. The fourth-order valence-corrected chi connectivity index (χ4v) is 3.11. The number of esters is 1. The third-order valence-electron chi connectivity index (χ3n) is 2.72. The number of benzene rings is 1. The Morgan fingerprint density at radius 2 is 2.14 bits per heavy atom. The predicted octanol–water partition coefficient (Wildman–Crippen LogP) is 1.80. The van der Waals surface area contributed by atoms with Crippen LogP contribution in [-0.2, 0) is 21.8 Å². The fourth-order valence-electron chi connectivity index (χ4n) is 1.61. The van der Waals surface area contributed by atoms with Crippen molar-refractivity contribution < 1.29 is 22.3 Å². The topological polar surface area (TPSA) is 90.3 Å². The highest BCUT2D eigenvalue weighted by Gasteiger charge is 2.24. The van der Waals surface area contributed by atoms with Gasteiger partial charge >= 0.3 is 5.97 Å². The summed E-state index contributed by atoms with van der Waals surface area (Å²) in [5.41, 5.74) is -0.381. The van der Waals surface area contributed by atoms with Crippen molar-refractivity contribution in [2.24, 2.45) is 7.05 Å². The van der Waals surface area contributed by atoms with Gasteiger partial charge in [-0.3, -0.25) is 4.72 Å². The number of sulfonamides is 1. The van der Waals surface area contributed by atoms with E-state index in [1.807, 2.05) is 4.72 Å². The number of carbonyl (C=O) groups excluding carboxylic acids is 1. The van der Waals surface area contributed by atoms with Gasteiger partial charge in [-0.15, -0.1) is 0 Å². The Hall–Kier alpha value is -2.13. The van der Waals surface area contributed by atoms with Crippen LogP contribution in [0.15, 0.2) is 29.6 Å². The van der Waals surface area contributed by atoms with Crippen LogP contribution in [0.25, 0.3) is 0 Å². The highest BCUT2D eigenvalue weighted by Crippen LogP contribution is 2.24. The van der Waals surface area contributed by atoms with Crippen LogP contribution in [0, 0.1) is 5.82 Å². The third-order valence-corrected chi connectivity index (χ3v) is 4.58. The van der Waals surface area contributed by atoms with Crippen LogP contribution < -0.4 is 4.72 Å². The molecule has 0 aliphatic carbocycles. The molecule has 0 saturated carbocycles. The van der Waals surface area contributed by atoms with Gasteiger partial charge in [-0.05, 0) is 18.2 Å². The van der Waals surface area contributed by atoms with Gasteiger partial charge in [-0.1, -0.05) is 11.6 Å². The summed E-state index contributed by atoms with van der Waals surface area (Å²) in [7, 11) is -1.49. The molecule has 118 valence electrons. The first-order valence-electron chi connectivity index (χ1n) is 5.83. The maximum absolute atomic E-state index is 13.9. The molecule has 0 spiro atoms. The van der Waals surface area contributed by atoms with E-state index < -0.39 is 26.8 Å². The van der Waals surface area contributed by atoms with Gasteiger partial charge in [0.15, 0.2) is 0 Å². The van der Waals surface area contributed by atoms with E-state index in [1.165, 1.54) is 24.0 Å². The third kappa shape index (κ3) is 3.04. The van der Waals surface area contributed by atoms with E-state index in [4.69, 9.17) is 11.6 Å². The van der Waals surface area contributed by atoms with Crippen molar-refractivity contribution in [3.8, 4) is 0 Å². The van der Waals surface area contributed by atoms with Crippen LogP contribution >= 0.6 is 11.6 Å². The molecule has 1 aromatic heterocycles. The van der Waals surface area contributed by atoms with Crippen molar-refractivity contribution in [1.82, 2.24) is 9.55 Å². The zero-order chi connectivity index (χ0) is 16.5. The fraction of sp³-hybridized carbons (Fsp3) is 0.167. The monoisotopic (exact) mass is 347 g/mol. The molecule has 0 bridgehead atoms. The Morgan fingerprint density at radius 1 is 1.45 bits per heavy atom. The molecule has 0 aliphatic heterocycles. The van der Waals surface area contributed by atoms with Gasteiger partial charge in [-0.2, -0.15) is 8.42 Å². The van der Waals surface area contributed by atoms with E-state index in [9.17, 15) is 17.6 Å². The van der Waals surface area contributed by atoms with E-state index in [2.05, 4.69) is 9.72 Å². The molecule has 0 atom stereocenters. The second-order valence-electron chi connectivity index (χ2n) is 4.24. The Bertz CT molecular complexity index is 835. The van der Waals surface area contributed by atoms with Crippen LogP contribution in [-0.4, -0.2) is 31.0 Å². The SMILES string of the molecule is COC(=O)c1ccc(NS(=O)(=O)c2ncn(C)c2Cl)c(F)c1. The highest BCUT2D eigenvalue weighted by molar-refractivity contribution is 7.92. The minimum Gasteiger partial charge on any atom is -0.465 e. The van der Waals surface area contributed by atoms with Crippen LogP contribution in [0.5, 0.6) is 0 Å². The molecule has 1 heterocycles. The van der Waals surface area contributed by atoms with Crippen LogP contribution in [0.3, 0.4) is 0 Å². The number of halogens is 2. The standard InChI is InChI=1S/C12H11ClFN3O4S/c1-17-6-15-11(10(17)13)22(19,20)16-9-4-3-7(5-8(9)14)12(18)21-2/h3-6,16H,1-2H3. The summed E-state index contributed by atoms with van der Waals surface area (Å²) in [6.07, 6.45) is 1.22. The van der Waals surface area contributed by atoms with Crippen molar-refractivity contribution in [1.29, 1.82) is 0 Å². The van der Waals surface area contributed by atoms with Crippen molar-refractivity contribution >= 4 is 33.3 Å². The van der Waals surface area contributed by atoms with Crippen LogP contribution in [0.4, 0.5) is 10.1 Å². The number of rotatable bonds is 4. The van der Waals surface area contributed by atoms with Crippen molar-refractivity contribution in [3.63, 3.8) is 0 Å². The average Bonchev–Trinajstić information content (AvgIpc) is 2.81. The number of hydrogen-bond acceptors (Lipinski definition) is 5. The normalized spacial score (nSPS) is 11.3. The quantitative estimate of drug-likeness (QED) is 0.852. The summed E-state index contributed by atoms with van der Waals surface area (Å²) in [5, 5.41) is -0.535. The number of imidazole rings is 1. The number of ether oxygens (including phenoxy) is 1. The first kappa shape index (κ1) is 16.2. The lowest BCUT2D eigenvalue weighted by atomic mass is 10.2. The Labute approximate surface area is 130 Å². The molecule has 0 amide bonds. The smallest absolute Gasteiger partial charge is 0.337 e. The van der Waals surface area contributed by atoms with Crippen LogP contribution in [0.2, 0.25) is 5.15 Å². The molecule has 0 saturated heterocycles. The summed E-state index contributed by atoms with van der Waals surface area (Å²) >= 11 is 5.81. The van der Waals surface area contributed by atoms with Crippen LogP contribution in [0.1, 0.15) is 10.4 Å². The number of aryl methyl sites for hydroxylation is 1. The Kier molecular flexibility index (Phi) is 4.38. The molecule has 0 aliphatic rings. The molecule has 0 fully saturated rings. The van der Waals surface area contributed by atoms with E-state index in [1.54, 1.807) is 0 Å². The van der Waals surface area contributed by atoms with Crippen molar-refractivity contribution in [3.05, 3.63) is 41.1 Å². The highest BCUT2D eigenvalue weighted by atomic mass is 35.5. The van der Waals surface area contributed by atoms with E-state index in [-0.39, 0.29) is 16.4 Å². The second-order valence-corrected chi connectivity index (χ2v) is 6.20. The molecule has 22 heavy (non-hydrogen) atoms. The summed E-state index contributed by atoms with van der Waals surface area (Å²) in [6.45, 7) is 0. The largest absolute Gasteiger partial charge is 0.465 e. The lowest BCUT2D eigenvalue weighted by Crippen LogP contribution is -2.15. The van der Waals surface area contributed by atoms with Crippen molar-refractivity contribution in [2.45, 2.75) is 5.03 Å². The number of hydrogen-bond donors (Lipinski definition) is 1. The minimum absolute atomic E-state index is 0.0428. The molecule has 0 radical (unpaired) electrons. The number of nitrogens with zero attached hydrogens (tertiary/aromatic N) is 2. The number of nitrogens with one attached hydrogen (secondary N) is 1. The molecule has 2 aromatic rings. The number of aromatic nitrogens is 2. The van der Waals surface area contributed by atoms with Gasteiger partial charge in [-0.25, -0.2) is 14.2 Å². The molecule has 1 aromatic carbocycles. The van der Waals surface area contributed by atoms with E-state index in [0.717, 1.165) is 19.2 Å². The number of carbonyl (C=O) groups is 1. The molecule has 7 nitrogen and oxygen atoms in total. The van der Waals surface area contributed by atoms with Gasteiger partial charge in [0.25, 0.3) is 10.0 Å². The predicted molar refractivity (Wildman–Crippen MR) is 76.8 cm³/mol. The second kappa shape index (κ2) is 5.93. The lowest BCUT2D eigenvalue weighted by molar-refractivity contribution is 0.0600. The first-order chi connectivity index (χ1) is 10.3. The van der Waals surface area contributed by atoms with Gasteiger partial charge in [0, 0.05) is 7.05 Å². The first-order valence-corrected chi connectivity index (χ1v) is 7.70. The summed E-state index contributed by atoms with van der Waals surface area (Å²) in [5.74, 6) is -1.67. The molecule has 0 unspecified atom stereocenters. The number of methoxy groups -OCH3 is 1. The van der Waals surface area contributed by atoms with Gasteiger partial charge in [0.05, 0.1) is 24.7 Å². The van der Waals surface area contributed by atoms with Gasteiger partial charge in [0.1, 0.15) is 11.0 Å². The van der Waals surface area contributed by atoms with Crippen molar-refractivity contribution in [2.75, 3.05) is 11.8 Å². The maximum atomic E-state index is 13.9. The molecule has 2 rings (SSSR count). The summed E-state index contributed by atoms with van der Waals surface area (Å²) in [4.78, 5) is 14.9. The van der Waals surface area contributed by atoms with Gasteiger partial charge < -0.3 is 9.30 Å². The maximum Gasteiger partial charge on any atom is 0.337 e. The summed E-state index contributed by atoms with van der Waals surface area (Å²) < 4.78 is 45.9. The van der Waals surface area contributed by atoms with Gasteiger partial charge in [0.2, 0.25) is 5.03 Å². The Morgan fingerprint density at radius 3 is 2.64 bits per heavy atom. The molecule has 10 heteroatoms. The minimum atomic E-state index is -4.15. The Balaban J connectivity index is 2.34.